The predicted molar refractivity (Wildman–Crippen MR) is 83.0 cm³/mol. The lowest BCUT2D eigenvalue weighted by Crippen LogP contribution is -2.14. The van der Waals surface area contributed by atoms with Gasteiger partial charge in [0.05, 0.1) is 22.2 Å². The highest BCUT2D eigenvalue weighted by molar-refractivity contribution is 6.53. The minimum atomic E-state index is -0.114. The van der Waals surface area contributed by atoms with Crippen LogP contribution < -0.4 is 5.19 Å². The zero-order chi connectivity index (χ0) is 12.9. The number of hydrogen-bond donors (Lipinski definition) is 0. The van der Waals surface area contributed by atoms with Crippen LogP contribution in [0.5, 0.6) is 0 Å². The Morgan fingerprint density at radius 2 is 1.68 bits per heavy atom. The minimum absolute atomic E-state index is 0.114. The normalized spacial score (nSPS) is 18.0. The smallest absolute Gasteiger partial charge is 0.0850 e. The molecule has 3 rings (SSSR count). The lowest BCUT2D eigenvalue weighted by molar-refractivity contribution is 0.407. The summed E-state index contributed by atoms with van der Waals surface area (Å²) in [5.74, 6) is 0. The number of epoxide rings is 1. The van der Waals surface area contributed by atoms with Crippen LogP contribution in [-0.4, -0.2) is 22.2 Å². The molecule has 0 saturated carbocycles. The molecule has 0 radical (unpaired) electrons. The molecule has 2 aromatic rings. The summed E-state index contributed by atoms with van der Waals surface area (Å²) in [7, 11) is -0.114. The van der Waals surface area contributed by atoms with Gasteiger partial charge in [-0.1, -0.05) is 65.8 Å². The van der Waals surface area contributed by atoms with E-state index >= 15 is 0 Å². The molecule has 0 bridgehead atoms. The number of rotatable bonds is 6. The SMILES string of the molecule is c1ccc(CC[SiH2]c2ccc(CC3CO3)cc2)cc1. The lowest BCUT2D eigenvalue weighted by Gasteiger charge is -2.03. The van der Waals surface area contributed by atoms with Crippen molar-refractivity contribution in [3.8, 4) is 0 Å². The second kappa shape index (κ2) is 6.18. The van der Waals surface area contributed by atoms with Crippen molar-refractivity contribution in [3.63, 3.8) is 0 Å². The van der Waals surface area contributed by atoms with Crippen LogP contribution in [0.15, 0.2) is 54.6 Å². The van der Waals surface area contributed by atoms with E-state index in [1.807, 2.05) is 0 Å². The van der Waals surface area contributed by atoms with Crippen molar-refractivity contribution < 1.29 is 4.74 Å². The molecule has 1 unspecified atom stereocenters. The average Bonchev–Trinajstić information content (AvgIpc) is 3.26. The van der Waals surface area contributed by atoms with Crippen LogP contribution in [0.4, 0.5) is 0 Å². The van der Waals surface area contributed by atoms with E-state index in [0.717, 1.165) is 13.0 Å². The fourth-order valence-electron chi connectivity index (χ4n) is 2.43. The maximum absolute atomic E-state index is 5.27. The summed E-state index contributed by atoms with van der Waals surface area (Å²) >= 11 is 0. The van der Waals surface area contributed by atoms with Crippen LogP contribution in [0.25, 0.3) is 0 Å². The van der Waals surface area contributed by atoms with Gasteiger partial charge in [-0.3, -0.25) is 0 Å². The molecule has 1 aliphatic heterocycles. The number of benzene rings is 2. The highest BCUT2D eigenvalue weighted by Gasteiger charge is 2.22. The van der Waals surface area contributed by atoms with Crippen LogP contribution in [0, 0.1) is 0 Å². The van der Waals surface area contributed by atoms with E-state index in [0.29, 0.717) is 6.10 Å². The summed E-state index contributed by atoms with van der Waals surface area (Å²) < 4.78 is 5.27. The Bertz CT molecular complexity index is 503. The van der Waals surface area contributed by atoms with E-state index in [-0.39, 0.29) is 9.52 Å². The van der Waals surface area contributed by atoms with Crippen molar-refractivity contribution in [1.82, 2.24) is 0 Å². The van der Waals surface area contributed by atoms with Crippen molar-refractivity contribution in [3.05, 3.63) is 65.7 Å². The number of aryl methyl sites for hydroxylation is 1. The summed E-state index contributed by atoms with van der Waals surface area (Å²) in [6, 6.07) is 21.4. The van der Waals surface area contributed by atoms with Gasteiger partial charge in [-0.2, -0.15) is 0 Å². The van der Waals surface area contributed by atoms with Gasteiger partial charge in [0.25, 0.3) is 0 Å². The van der Waals surface area contributed by atoms with Gasteiger partial charge < -0.3 is 4.74 Å². The Labute approximate surface area is 117 Å². The quantitative estimate of drug-likeness (QED) is 0.577. The highest BCUT2D eigenvalue weighted by Crippen LogP contribution is 2.15. The van der Waals surface area contributed by atoms with Crippen molar-refractivity contribution in [2.45, 2.75) is 25.0 Å². The van der Waals surface area contributed by atoms with E-state index in [4.69, 9.17) is 4.74 Å². The second-order valence-electron chi connectivity index (χ2n) is 5.32. The summed E-state index contributed by atoms with van der Waals surface area (Å²) in [5, 5.41) is 1.58. The van der Waals surface area contributed by atoms with Crippen LogP contribution in [-0.2, 0) is 17.6 Å². The Balaban J connectivity index is 1.47. The first-order chi connectivity index (χ1) is 9.40. The third kappa shape index (κ3) is 4.05. The van der Waals surface area contributed by atoms with Crippen LogP contribution in [0.1, 0.15) is 11.1 Å². The third-order valence-electron chi connectivity index (χ3n) is 3.66. The minimum Gasteiger partial charge on any atom is -0.373 e. The van der Waals surface area contributed by atoms with Crippen LogP contribution >= 0.6 is 0 Å². The van der Waals surface area contributed by atoms with Crippen molar-refractivity contribution >= 4 is 14.7 Å². The summed E-state index contributed by atoms with van der Waals surface area (Å²) in [4.78, 5) is 0. The first-order valence-corrected chi connectivity index (χ1v) is 8.84. The molecule has 1 heterocycles. The average molecular weight is 268 g/mol. The molecule has 0 N–H and O–H groups in total. The largest absolute Gasteiger partial charge is 0.373 e. The molecule has 0 spiro atoms. The van der Waals surface area contributed by atoms with Gasteiger partial charge in [0, 0.05) is 6.42 Å². The van der Waals surface area contributed by atoms with Crippen molar-refractivity contribution in [2.75, 3.05) is 6.61 Å². The fourth-order valence-corrected chi connectivity index (χ4v) is 3.99. The Kier molecular flexibility index (Phi) is 4.11. The van der Waals surface area contributed by atoms with E-state index in [2.05, 4.69) is 54.6 Å². The summed E-state index contributed by atoms with van der Waals surface area (Å²) in [6.07, 6.45) is 2.82. The topological polar surface area (TPSA) is 12.5 Å². The Morgan fingerprint density at radius 3 is 2.37 bits per heavy atom. The number of hydrogen-bond acceptors (Lipinski definition) is 1. The summed E-state index contributed by atoms with van der Waals surface area (Å²) in [6.45, 7) is 0.952. The molecule has 0 aromatic heterocycles. The molecule has 1 aliphatic rings. The lowest BCUT2D eigenvalue weighted by atomic mass is 10.1. The maximum Gasteiger partial charge on any atom is 0.0850 e. The third-order valence-corrected chi connectivity index (χ3v) is 5.42. The zero-order valence-electron chi connectivity index (χ0n) is 11.2. The molecule has 0 amide bonds. The van der Waals surface area contributed by atoms with E-state index < -0.39 is 0 Å². The summed E-state index contributed by atoms with van der Waals surface area (Å²) in [5.41, 5.74) is 2.89. The van der Waals surface area contributed by atoms with Gasteiger partial charge >= 0.3 is 0 Å². The first-order valence-electron chi connectivity index (χ1n) is 7.13. The second-order valence-corrected chi connectivity index (χ2v) is 7.34. The first kappa shape index (κ1) is 12.6. The molecule has 1 atom stereocenters. The predicted octanol–water partition coefficient (Wildman–Crippen LogP) is 2.08. The fraction of sp³-hybridized carbons (Fsp3) is 0.294. The number of ether oxygens (including phenoxy) is 1. The Morgan fingerprint density at radius 1 is 0.947 bits per heavy atom. The van der Waals surface area contributed by atoms with Crippen molar-refractivity contribution in [2.24, 2.45) is 0 Å². The van der Waals surface area contributed by atoms with Crippen LogP contribution in [0.2, 0.25) is 6.04 Å². The van der Waals surface area contributed by atoms with Crippen LogP contribution in [0.3, 0.4) is 0 Å². The van der Waals surface area contributed by atoms with E-state index in [9.17, 15) is 0 Å². The molecule has 98 valence electrons. The maximum atomic E-state index is 5.27. The molecule has 1 saturated heterocycles. The van der Waals surface area contributed by atoms with E-state index in [1.54, 1.807) is 5.19 Å². The molecule has 19 heavy (non-hydrogen) atoms. The zero-order valence-corrected chi connectivity index (χ0v) is 12.6. The van der Waals surface area contributed by atoms with Gasteiger partial charge in [0.2, 0.25) is 0 Å². The molecular formula is C17H20OSi. The van der Waals surface area contributed by atoms with Gasteiger partial charge in [-0.15, -0.1) is 0 Å². The molecule has 1 fully saturated rings. The monoisotopic (exact) mass is 268 g/mol. The molecule has 1 nitrogen and oxygen atoms in total. The molecule has 0 aliphatic carbocycles. The molecule has 2 aromatic carbocycles. The van der Waals surface area contributed by atoms with Gasteiger partial charge in [-0.25, -0.2) is 0 Å². The van der Waals surface area contributed by atoms with Gasteiger partial charge in [0.1, 0.15) is 0 Å². The standard InChI is InChI=1S/C17H20OSi/c1-2-4-14(5-3-1)10-11-19-17-8-6-15(7-9-17)12-16-13-18-16/h1-9,16H,10-13,19H2. The highest BCUT2D eigenvalue weighted by atomic mass is 28.2. The van der Waals surface area contributed by atoms with E-state index in [1.165, 1.54) is 23.6 Å². The Hall–Kier alpha value is -1.38. The molecule has 2 heteroatoms. The van der Waals surface area contributed by atoms with Gasteiger partial charge in [-0.05, 0) is 17.5 Å². The van der Waals surface area contributed by atoms with Crippen molar-refractivity contribution in [1.29, 1.82) is 0 Å². The van der Waals surface area contributed by atoms with Gasteiger partial charge in [0.15, 0.2) is 0 Å². The molecular weight excluding hydrogens is 248 g/mol.